The zero-order valence-electron chi connectivity index (χ0n) is 21.5. The highest BCUT2D eigenvalue weighted by Gasteiger charge is 2.26. The van der Waals surface area contributed by atoms with Crippen molar-refractivity contribution >= 4 is 38.4 Å². The lowest BCUT2D eigenvalue weighted by Crippen LogP contribution is -2.34. The van der Waals surface area contributed by atoms with E-state index >= 15 is 0 Å². The number of carbonyl (C=O) groups is 1. The Hall–Kier alpha value is -3.18. The molecule has 0 unspecified atom stereocenters. The number of pyridine rings is 2. The van der Waals surface area contributed by atoms with Crippen LogP contribution in [-0.2, 0) is 22.8 Å². The van der Waals surface area contributed by atoms with E-state index in [0.717, 1.165) is 49.9 Å². The van der Waals surface area contributed by atoms with Crippen LogP contribution in [0.1, 0.15) is 65.8 Å². The van der Waals surface area contributed by atoms with Crippen LogP contribution < -0.4 is 10.9 Å². The van der Waals surface area contributed by atoms with Crippen molar-refractivity contribution in [3.05, 3.63) is 51.1 Å². The van der Waals surface area contributed by atoms with Crippen LogP contribution in [0, 0.1) is 6.92 Å². The van der Waals surface area contributed by atoms with Gasteiger partial charge in [0.1, 0.15) is 21.3 Å². The number of carbonyl (C=O) groups excluding carboxylic acids is 1. The highest BCUT2D eigenvalue weighted by atomic mass is 32.2. The summed E-state index contributed by atoms with van der Waals surface area (Å²) in [6.45, 7) is 5.13. The fourth-order valence-corrected chi connectivity index (χ4v) is 6.04. The molecule has 0 spiro atoms. The molecule has 2 aliphatic rings. The van der Waals surface area contributed by atoms with E-state index in [9.17, 15) is 18.0 Å². The predicted molar refractivity (Wildman–Crippen MR) is 142 cm³/mol. The molecule has 1 aliphatic carbocycles. The molecule has 11 heteroatoms. The number of fused-ring (bicyclic) bond motifs is 2. The minimum atomic E-state index is -3.00. The average Bonchev–Trinajstić information content (AvgIpc) is 3.36. The summed E-state index contributed by atoms with van der Waals surface area (Å²) in [5, 5.41) is 3.89. The van der Waals surface area contributed by atoms with E-state index in [1.165, 1.54) is 13.2 Å². The molecule has 5 rings (SSSR count). The standard InChI is InChI=1S/C26H32N6O4S/c1-16-20-14-27-26(30-24(20)32(19-6-4-5-7-19)25(34)23(16)17(2)33)29-22-9-8-18-15-31(11-10-21(18)28-22)12-13-37(3,35)36/h8-9,14,19H,4-7,10-13,15H2,1-3H3,(H,27,28,29,30). The second kappa shape index (κ2) is 9.94. The summed E-state index contributed by atoms with van der Waals surface area (Å²) in [5.41, 5.74) is 3.13. The van der Waals surface area contributed by atoms with Crippen LogP contribution in [0.5, 0.6) is 0 Å². The van der Waals surface area contributed by atoms with Gasteiger partial charge in [0.25, 0.3) is 5.56 Å². The number of anilines is 2. The first-order valence-corrected chi connectivity index (χ1v) is 14.8. The Labute approximate surface area is 216 Å². The minimum absolute atomic E-state index is 0.0176. The molecule has 10 nitrogen and oxygen atoms in total. The molecule has 0 atom stereocenters. The molecule has 0 bridgehead atoms. The predicted octanol–water partition coefficient (Wildman–Crippen LogP) is 2.96. The lowest BCUT2D eigenvalue weighted by atomic mass is 10.0. The first kappa shape index (κ1) is 25.5. The first-order valence-electron chi connectivity index (χ1n) is 12.7. The van der Waals surface area contributed by atoms with Crippen molar-refractivity contribution in [3.8, 4) is 0 Å². The minimum Gasteiger partial charge on any atom is -0.309 e. The van der Waals surface area contributed by atoms with Crippen molar-refractivity contribution in [2.45, 2.75) is 58.5 Å². The van der Waals surface area contributed by atoms with Gasteiger partial charge in [0, 0.05) is 55.6 Å². The molecule has 1 N–H and O–H groups in total. The van der Waals surface area contributed by atoms with Crippen LogP contribution in [0.3, 0.4) is 0 Å². The maximum Gasteiger partial charge on any atom is 0.263 e. The third-order valence-corrected chi connectivity index (χ3v) is 8.32. The van der Waals surface area contributed by atoms with E-state index in [0.29, 0.717) is 41.5 Å². The topological polar surface area (TPSA) is 127 Å². The molecule has 3 aromatic rings. The van der Waals surface area contributed by atoms with E-state index in [4.69, 9.17) is 9.97 Å². The van der Waals surface area contributed by atoms with Crippen LogP contribution in [0.2, 0.25) is 0 Å². The summed E-state index contributed by atoms with van der Waals surface area (Å²) >= 11 is 0. The lowest BCUT2D eigenvalue weighted by molar-refractivity contribution is 0.101. The van der Waals surface area contributed by atoms with Crippen LogP contribution in [0.4, 0.5) is 11.8 Å². The maximum atomic E-state index is 13.4. The van der Waals surface area contributed by atoms with E-state index in [2.05, 4.69) is 15.2 Å². The summed E-state index contributed by atoms with van der Waals surface area (Å²) in [6, 6.07) is 3.88. The third-order valence-electron chi connectivity index (χ3n) is 7.40. The van der Waals surface area contributed by atoms with Crippen molar-refractivity contribution in [3.63, 3.8) is 0 Å². The summed E-state index contributed by atoms with van der Waals surface area (Å²) in [6.07, 6.45) is 7.52. The fourth-order valence-electron chi connectivity index (χ4n) is 5.45. The van der Waals surface area contributed by atoms with Crippen molar-refractivity contribution in [2.24, 2.45) is 0 Å². The number of rotatable bonds is 7. The van der Waals surface area contributed by atoms with Crippen molar-refractivity contribution in [1.82, 2.24) is 24.4 Å². The SMILES string of the molecule is CC(=O)c1c(C)c2cnc(Nc3ccc4c(n3)CCN(CCS(C)(=O)=O)C4)nc2n(C2CCCC2)c1=O. The van der Waals surface area contributed by atoms with Gasteiger partial charge in [-0.3, -0.25) is 19.1 Å². The Morgan fingerprint density at radius 2 is 1.95 bits per heavy atom. The van der Waals surface area contributed by atoms with Crippen LogP contribution in [0.25, 0.3) is 11.0 Å². The van der Waals surface area contributed by atoms with Gasteiger partial charge in [-0.25, -0.2) is 18.4 Å². The number of aryl methyl sites for hydroxylation is 1. The highest BCUT2D eigenvalue weighted by molar-refractivity contribution is 7.90. The summed E-state index contributed by atoms with van der Waals surface area (Å²) in [4.78, 5) is 41.8. The van der Waals surface area contributed by atoms with Crippen molar-refractivity contribution in [2.75, 3.05) is 30.4 Å². The Morgan fingerprint density at radius 1 is 1.19 bits per heavy atom. The number of nitrogens with zero attached hydrogens (tertiary/aromatic N) is 5. The highest BCUT2D eigenvalue weighted by Crippen LogP contribution is 2.32. The smallest absolute Gasteiger partial charge is 0.263 e. The summed E-state index contributed by atoms with van der Waals surface area (Å²) < 4.78 is 24.7. The number of sulfone groups is 1. The summed E-state index contributed by atoms with van der Waals surface area (Å²) in [5.74, 6) is 0.848. The van der Waals surface area contributed by atoms with Crippen molar-refractivity contribution in [1.29, 1.82) is 0 Å². The molecule has 3 aromatic heterocycles. The molecule has 0 saturated heterocycles. The zero-order chi connectivity index (χ0) is 26.3. The Balaban J connectivity index is 1.44. The van der Waals surface area contributed by atoms with Crippen LogP contribution in [0.15, 0.2) is 23.1 Å². The Kier molecular flexibility index (Phi) is 6.84. The van der Waals surface area contributed by atoms with E-state index < -0.39 is 9.84 Å². The van der Waals surface area contributed by atoms with Gasteiger partial charge in [0.05, 0.1) is 11.3 Å². The first-order chi connectivity index (χ1) is 17.6. The molecular weight excluding hydrogens is 492 g/mol. The Bertz CT molecular complexity index is 1540. The molecule has 1 saturated carbocycles. The number of hydrogen-bond acceptors (Lipinski definition) is 9. The molecule has 1 aliphatic heterocycles. The van der Waals surface area contributed by atoms with Gasteiger partial charge < -0.3 is 5.32 Å². The molecular formula is C26H32N6O4S. The molecule has 0 aromatic carbocycles. The largest absolute Gasteiger partial charge is 0.309 e. The normalized spacial score (nSPS) is 16.7. The monoisotopic (exact) mass is 524 g/mol. The number of Topliss-reactive ketones (excluding diaryl/α,β-unsaturated/α-hetero) is 1. The second-order valence-electron chi connectivity index (χ2n) is 10.2. The third kappa shape index (κ3) is 5.28. The molecule has 37 heavy (non-hydrogen) atoms. The number of hydrogen-bond donors (Lipinski definition) is 1. The quantitative estimate of drug-likeness (QED) is 0.464. The lowest BCUT2D eigenvalue weighted by Gasteiger charge is -2.28. The zero-order valence-corrected chi connectivity index (χ0v) is 22.3. The molecule has 0 amide bonds. The van der Waals surface area contributed by atoms with E-state index in [1.54, 1.807) is 17.7 Å². The number of nitrogens with one attached hydrogen (secondary N) is 1. The van der Waals surface area contributed by atoms with Gasteiger partial charge in [-0.1, -0.05) is 18.9 Å². The molecule has 0 radical (unpaired) electrons. The number of aromatic nitrogens is 4. The molecule has 196 valence electrons. The van der Waals surface area contributed by atoms with Gasteiger partial charge in [-0.2, -0.15) is 4.98 Å². The van der Waals surface area contributed by atoms with Gasteiger partial charge >= 0.3 is 0 Å². The van der Waals surface area contributed by atoms with Gasteiger partial charge in [-0.05, 0) is 43.9 Å². The second-order valence-corrected chi connectivity index (χ2v) is 12.4. The van der Waals surface area contributed by atoms with Gasteiger partial charge in [0.2, 0.25) is 5.95 Å². The van der Waals surface area contributed by atoms with Gasteiger partial charge in [0.15, 0.2) is 5.78 Å². The molecule has 4 heterocycles. The van der Waals surface area contributed by atoms with E-state index in [1.807, 2.05) is 12.1 Å². The maximum absolute atomic E-state index is 13.4. The average molecular weight is 525 g/mol. The Morgan fingerprint density at radius 3 is 2.65 bits per heavy atom. The number of ketones is 1. The van der Waals surface area contributed by atoms with Crippen molar-refractivity contribution < 1.29 is 13.2 Å². The summed E-state index contributed by atoms with van der Waals surface area (Å²) in [7, 11) is -3.00. The van der Waals surface area contributed by atoms with Crippen LogP contribution >= 0.6 is 0 Å². The van der Waals surface area contributed by atoms with Crippen LogP contribution in [-0.4, -0.2) is 63.7 Å². The van der Waals surface area contributed by atoms with E-state index in [-0.39, 0.29) is 28.7 Å². The fraction of sp³-hybridized carbons (Fsp3) is 0.500. The molecule has 1 fully saturated rings. The van der Waals surface area contributed by atoms with Gasteiger partial charge in [-0.15, -0.1) is 0 Å².